The fraction of sp³-hybridized carbons (Fsp3) is 0.917. The first-order valence-corrected chi connectivity index (χ1v) is 6.01. The molecule has 1 saturated carbocycles. The third kappa shape index (κ3) is 2.74. The first-order chi connectivity index (χ1) is 7.53. The van der Waals surface area contributed by atoms with Crippen LogP contribution in [-0.2, 0) is 9.53 Å². The van der Waals surface area contributed by atoms with E-state index in [1.165, 1.54) is 0 Å². The van der Waals surface area contributed by atoms with Gasteiger partial charge in [-0.05, 0) is 31.1 Å². The number of carboxylic acids is 1. The number of aliphatic hydroxyl groups excluding tert-OH is 1. The predicted octanol–water partition coefficient (Wildman–Crippen LogP) is 1.66. The van der Waals surface area contributed by atoms with E-state index in [-0.39, 0.29) is 12.5 Å². The molecule has 0 bridgehead atoms. The quantitative estimate of drug-likeness (QED) is 0.705. The van der Waals surface area contributed by atoms with Gasteiger partial charge in [0.1, 0.15) is 0 Å². The van der Waals surface area contributed by atoms with Crippen LogP contribution in [0.1, 0.15) is 39.5 Å². The number of aliphatic carboxylic acids is 1. The molecule has 0 aromatic heterocycles. The molecule has 0 saturated heterocycles. The molecular weight excluding hydrogens is 208 g/mol. The van der Waals surface area contributed by atoms with Gasteiger partial charge in [-0.15, -0.1) is 0 Å². The summed E-state index contributed by atoms with van der Waals surface area (Å²) in [5, 5.41) is 18.1. The van der Waals surface area contributed by atoms with Gasteiger partial charge in [-0.3, -0.25) is 0 Å². The molecular formula is C12H22O4. The van der Waals surface area contributed by atoms with Crippen LogP contribution in [0.25, 0.3) is 0 Å². The van der Waals surface area contributed by atoms with Gasteiger partial charge in [0.25, 0.3) is 0 Å². The highest BCUT2D eigenvalue weighted by atomic mass is 16.5. The molecule has 0 aromatic carbocycles. The third-order valence-electron chi connectivity index (χ3n) is 3.56. The summed E-state index contributed by atoms with van der Waals surface area (Å²) < 4.78 is 5.60. The van der Waals surface area contributed by atoms with Crippen LogP contribution in [0, 0.1) is 11.8 Å². The molecule has 94 valence electrons. The zero-order valence-electron chi connectivity index (χ0n) is 10.1. The topological polar surface area (TPSA) is 66.8 Å². The van der Waals surface area contributed by atoms with E-state index in [0.29, 0.717) is 25.4 Å². The summed E-state index contributed by atoms with van der Waals surface area (Å²) in [4.78, 5) is 11.4. The summed E-state index contributed by atoms with van der Waals surface area (Å²) in [5.41, 5.74) is -1.03. The number of aliphatic hydroxyl groups is 1. The number of carbonyl (C=O) groups is 1. The number of rotatable bonds is 5. The Morgan fingerprint density at radius 2 is 2.12 bits per heavy atom. The predicted molar refractivity (Wildman–Crippen MR) is 60.2 cm³/mol. The van der Waals surface area contributed by atoms with Crippen molar-refractivity contribution in [3.8, 4) is 0 Å². The SMILES string of the molecule is CC1CCC(C)C(OCCCO)(C(=O)O)C1. The Bertz CT molecular complexity index is 241. The number of hydrogen-bond donors (Lipinski definition) is 2. The summed E-state index contributed by atoms with van der Waals surface area (Å²) in [5.74, 6) is -0.425. The third-order valence-corrected chi connectivity index (χ3v) is 3.56. The fourth-order valence-electron chi connectivity index (χ4n) is 2.47. The zero-order chi connectivity index (χ0) is 12.2. The Morgan fingerprint density at radius 3 is 2.69 bits per heavy atom. The van der Waals surface area contributed by atoms with Crippen molar-refractivity contribution >= 4 is 5.97 Å². The molecule has 16 heavy (non-hydrogen) atoms. The highest BCUT2D eigenvalue weighted by Gasteiger charge is 2.48. The van der Waals surface area contributed by atoms with Crippen LogP contribution in [-0.4, -0.2) is 35.0 Å². The van der Waals surface area contributed by atoms with E-state index in [4.69, 9.17) is 9.84 Å². The number of carboxylic acid groups (broad SMARTS) is 1. The second kappa shape index (κ2) is 5.64. The van der Waals surface area contributed by atoms with E-state index in [1.54, 1.807) is 0 Å². The smallest absolute Gasteiger partial charge is 0.336 e. The lowest BCUT2D eigenvalue weighted by Gasteiger charge is -2.41. The molecule has 4 heteroatoms. The Labute approximate surface area is 96.6 Å². The minimum atomic E-state index is -1.03. The summed E-state index contributed by atoms with van der Waals surface area (Å²) >= 11 is 0. The molecule has 0 amide bonds. The van der Waals surface area contributed by atoms with Gasteiger partial charge in [-0.1, -0.05) is 20.3 Å². The fourth-order valence-corrected chi connectivity index (χ4v) is 2.47. The molecule has 4 nitrogen and oxygen atoms in total. The van der Waals surface area contributed by atoms with Crippen LogP contribution in [0.5, 0.6) is 0 Å². The summed E-state index contributed by atoms with van der Waals surface area (Å²) in [6, 6.07) is 0. The lowest BCUT2D eigenvalue weighted by molar-refractivity contribution is -0.182. The molecule has 3 unspecified atom stereocenters. The Balaban J connectivity index is 2.72. The van der Waals surface area contributed by atoms with Gasteiger partial charge >= 0.3 is 5.97 Å². The van der Waals surface area contributed by atoms with Crippen molar-refractivity contribution in [3.05, 3.63) is 0 Å². The molecule has 3 atom stereocenters. The van der Waals surface area contributed by atoms with Crippen molar-refractivity contribution in [2.24, 2.45) is 11.8 Å². The van der Waals surface area contributed by atoms with Crippen molar-refractivity contribution in [2.75, 3.05) is 13.2 Å². The van der Waals surface area contributed by atoms with Crippen LogP contribution < -0.4 is 0 Å². The Kier molecular flexibility index (Phi) is 4.74. The normalized spacial score (nSPS) is 34.9. The van der Waals surface area contributed by atoms with E-state index >= 15 is 0 Å². The first kappa shape index (κ1) is 13.5. The lowest BCUT2D eigenvalue weighted by Crippen LogP contribution is -2.51. The van der Waals surface area contributed by atoms with Crippen molar-refractivity contribution < 1.29 is 19.7 Å². The molecule has 0 aromatic rings. The Morgan fingerprint density at radius 1 is 1.44 bits per heavy atom. The van der Waals surface area contributed by atoms with Crippen molar-refractivity contribution in [2.45, 2.75) is 45.1 Å². The molecule has 0 radical (unpaired) electrons. The maximum Gasteiger partial charge on any atom is 0.336 e. The van der Waals surface area contributed by atoms with Crippen molar-refractivity contribution in [1.82, 2.24) is 0 Å². The van der Waals surface area contributed by atoms with Gasteiger partial charge in [0.15, 0.2) is 5.60 Å². The van der Waals surface area contributed by atoms with E-state index in [1.807, 2.05) is 6.92 Å². The standard InChI is InChI=1S/C12H22O4/c1-9-4-5-10(2)12(8-9,11(14)15)16-7-3-6-13/h9-10,13H,3-8H2,1-2H3,(H,14,15). The van der Waals surface area contributed by atoms with Crippen molar-refractivity contribution in [3.63, 3.8) is 0 Å². The molecule has 2 N–H and O–H groups in total. The Hall–Kier alpha value is -0.610. The highest BCUT2D eigenvalue weighted by molar-refractivity contribution is 5.78. The maximum absolute atomic E-state index is 11.4. The average Bonchev–Trinajstić information content (AvgIpc) is 2.23. The van der Waals surface area contributed by atoms with Gasteiger partial charge in [0.05, 0.1) is 6.61 Å². The van der Waals surface area contributed by atoms with E-state index in [9.17, 15) is 9.90 Å². The van der Waals surface area contributed by atoms with Crippen LogP contribution in [0.4, 0.5) is 0 Å². The van der Waals surface area contributed by atoms with Gasteiger partial charge in [-0.25, -0.2) is 4.79 Å². The van der Waals surface area contributed by atoms with Crippen LogP contribution in [0.15, 0.2) is 0 Å². The van der Waals surface area contributed by atoms with Crippen LogP contribution in [0.2, 0.25) is 0 Å². The number of ether oxygens (including phenoxy) is 1. The number of hydrogen-bond acceptors (Lipinski definition) is 3. The molecule has 0 spiro atoms. The minimum Gasteiger partial charge on any atom is -0.479 e. The van der Waals surface area contributed by atoms with E-state index < -0.39 is 11.6 Å². The second-order valence-electron chi connectivity index (χ2n) is 4.91. The molecule has 1 rings (SSSR count). The van der Waals surface area contributed by atoms with Gasteiger partial charge in [0, 0.05) is 6.61 Å². The van der Waals surface area contributed by atoms with Crippen molar-refractivity contribution in [1.29, 1.82) is 0 Å². The monoisotopic (exact) mass is 230 g/mol. The van der Waals surface area contributed by atoms with E-state index in [2.05, 4.69) is 6.92 Å². The zero-order valence-corrected chi connectivity index (χ0v) is 10.1. The van der Waals surface area contributed by atoms with Gasteiger partial charge in [-0.2, -0.15) is 0 Å². The van der Waals surface area contributed by atoms with E-state index in [0.717, 1.165) is 12.8 Å². The molecule has 1 fully saturated rings. The summed E-state index contributed by atoms with van der Waals surface area (Å²) in [6.45, 7) is 4.37. The molecule has 1 aliphatic rings. The molecule has 0 heterocycles. The van der Waals surface area contributed by atoms with Gasteiger partial charge in [0.2, 0.25) is 0 Å². The molecule has 0 aliphatic heterocycles. The highest BCUT2D eigenvalue weighted by Crippen LogP contribution is 2.39. The first-order valence-electron chi connectivity index (χ1n) is 6.01. The largest absolute Gasteiger partial charge is 0.479 e. The van der Waals surface area contributed by atoms with Crippen LogP contribution >= 0.6 is 0 Å². The van der Waals surface area contributed by atoms with Gasteiger partial charge < -0.3 is 14.9 Å². The second-order valence-corrected chi connectivity index (χ2v) is 4.91. The summed E-state index contributed by atoms with van der Waals surface area (Å²) in [6.07, 6.45) is 3.04. The molecule has 1 aliphatic carbocycles. The summed E-state index contributed by atoms with van der Waals surface area (Å²) in [7, 11) is 0. The minimum absolute atomic E-state index is 0.0413. The average molecular weight is 230 g/mol. The lowest BCUT2D eigenvalue weighted by atomic mass is 9.72. The van der Waals surface area contributed by atoms with Crippen LogP contribution in [0.3, 0.4) is 0 Å². The maximum atomic E-state index is 11.4.